The molecule has 2 unspecified atom stereocenters. The number of hydrogen-bond donors (Lipinski definition) is 1. The fraction of sp³-hybridized carbons (Fsp3) is 0.421. The summed E-state index contributed by atoms with van der Waals surface area (Å²) in [4.78, 5) is 9.65. The summed E-state index contributed by atoms with van der Waals surface area (Å²) in [6.45, 7) is 2.95. The van der Waals surface area contributed by atoms with Gasteiger partial charge in [0.2, 0.25) is 0 Å². The summed E-state index contributed by atoms with van der Waals surface area (Å²) in [7, 11) is 1.96. The maximum atomic E-state index is 14.0. The van der Waals surface area contributed by atoms with Crippen LogP contribution in [0.1, 0.15) is 29.5 Å². The molecule has 1 saturated heterocycles. The lowest BCUT2D eigenvalue weighted by Gasteiger charge is -2.26. The molecule has 3 aromatic rings. The Balaban J connectivity index is 1.59. The summed E-state index contributed by atoms with van der Waals surface area (Å²) in [5.74, 6) is -1.36. The molecule has 0 radical (unpaired) electrons. The Labute approximate surface area is 174 Å². The zero-order valence-corrected chi connectivity index (χ0v) is 17.0. The van der Waals surface area contributed by atoms with Crippen LogP contribution >= 0.6 is 11.6 Å². The molecule has 1 N–H and O–H groups in total. The maximum absolute atomic E-state index is 14.0. The van der Waals surface area contributed by atoms with Gasteiger partial charge in [0, 0.05) is 24.3 Å². The SMILES string of the molecule is Cc1cc(NCC2CCN(C)C2c2ccc(Cl)c(F)c2)n2nc(C(F)(F)F)nc2n1. The van der Waals surface area contributed by atoms with Gasteiger partial charge in [0.1, 0.15) is 11.6 Å². The Morgan fingerprint density at radius 3 is 2.70 bits per heavy atom. The second-order valence-corrected chi connectivity index (χ2v) is 7.86. The number of rotatable bonds is 4. The lowest BCUT2D eigenvalue weighted by atomic mass is 9.93. The van der Waals surface area contributed by atoms with E-state index in [-0.39, 0.29) is 22.8 Å². The van der Waals surface area contributed by atoms with E-state index in [1.165, 1.54) is 12.1 Å². The average molecular weight is 443 g/mol. The highest BCUT2D eigenvalue weighted by molar-refractivity contribution is 6.30. The van der Waals surface area contributed by atoms with Gasteiger partial charge in [-0.15, -0.1) is 5.10 Å². The zero-order valence-electron chi connectivity index (χ0n) is 16.2. The minimum Gasteiger partial charge on any atom is -0.369 e. The smallest absolute Gasteiger partial charge is 0.369 e. The van der Waals surface area contributed by atoms with Crippen LogP contribution in [0.2, 0.25) is 5.02 Å². The van der Waals surface area contributed by atoms with E-state index in [1.807, 2.05) is 7.05 Å². The molecule has 6 nitrogen and oxygen atoms in total. The summed E-state index contributed by atoms with van der Waals surface area (Å²) in [6, 6.07) is 6.34. The van der Waals surface area contributed by atoms with Crippen LogP contribution in [0.15, 0.2) is 24.3 Å². The molecule has 0 spiro atoms. The molecule has 1 fully saturated rings. The van der Waals surface area contributed by atoms with Crippen molar-refractivity contribution in [2.45, 2.75) is 25.6 Å². The number of nitrogens with one attached hydrogen (secondary N) is 1. The molecule has 0 amide bonds. The lowest BCUT2D eigenvalue weighted by molar-refractivity contribution is -0.144. The zero-order chi connectivity index (χ0) is 21.6. The summed E-state index contributed by atoms with van der Waals surface area (Å²) in [6.07, 6.45) is -3.81. The van der Waals surface area contributed by atoms with E-state index in [9.17, 15) is 17.6 Å². The number of alkyl halides is 3. The van der Waals surface area contributed by atoms with Gasteiger partial charge in [-0.05, 0) is 50.6 Å². The van der Waals surface area contributed by atoms with E-state index >= 15 is 0 Å². The molecule has 2 atom stereocenters. The van der Waals surface area contributed by atoms with Crippen molar-refractivity contribution in [3.05, 3.63) is 52.2 Å². The summed E-state index contributed by atoms with van der Waals surface area (Å²) in [5, 5.41) is 6.82. The minimum absolute atomic E-state index is 0.0517. The standard InChI is InChI=1S/C19H19ClF4N6/c1-10-7-15(30-18(26-10)27-17(28-30)19(22,23)24)25-9-12-5-6-29(2)16(12)11-3-4-13(20)14(21)8-11/h3-4,7-8,12,16,25H,5-6,9H2,1-2H3. The quantitative estimate of drug-likeness (QED) is 0.609. The molecule has 1 aromatic carbocycles. The lowest BCUT2D eigenvalue weighted by Crippen LogP contribution is -2.25. The molecule has 2 aromatic heterocycles. The second-order valence-electron chi connectivity index (χ2n) is 7.46. The molecule has 160 valence electrons. The Kier molecular flexibility index (Phi) is 5.31. The van der Waals surface area contributed by atoms with Crippen molar-refractivity contribution in [2.24, 2.45) is 5.92 Å². The van der Waals surface area contributed by atoms with Crippen molar-refractivity contribution in [1.82, 2.24) is 24.5 Å². The summed E-state index contributed by atoms with van der Waals surface area (Å²) >= 11 is 5.80. The fourth-order valence-corrected chi connectivity index (χ4v) is 4.05. The molecule has 30 heavy (non-hydrogen) atoms. The number of halogens is 5. The molecular formula is C19H19ClF4N6. The van der Waals surface area contributed by atoms with Crippen LogP contribution in [0, 0.1) is 18.7 Å². The Morgan fingerprint density at radius 1 is 1.23 bits per heavy atom. The molecule has 4 rings (SSSR count). The summed E-state index contributed by atoms with van der Waals surface area (Å²) in [5.41, 5.74) is 1.32. The van der Waals surface area contributed by atoms with Gasteiger partial charge in [0.15, 0.2) is 0 Å². The number of aromatic nitrogens is 4. The number of hydrogen-bond acceptors (Lipinski definition) is 5. The largest absolute Gasteiger partial charge is 0.453 e. The molecule has 0 bridgehead atoms. The van der Waals surface area contributed by atoms with Crippen LogP contribution in [0.5, 0.6) is 0 Å². The molecule has 11 heteroatoms. The van der Waals surface area contributed by atoms with E-state index in [1.54, 1.807) is 19.1 Å². The van der Waals surface area contributed by atoms with Gasteiger partial charge in [-0.25, -0.2) is 9.37 Å². The second kappa shape index (κ2) is 7.66. The Morgan fingerprint density at radius 2 is 2.00 bits per heavy atom. The number of anilines is 1. The normalized spacial score (nSPS) is 20.2. The molecule has 0 aliphatic carbocycles. The molecule has 1 aliphatic heterocycles. The Bertz CT molecular complexity index is 1080. The third kappa shape index (κ3) is 3.93. The molecule has 1 aliphatic rings. The van der Waals surface area contributed by atoms with Gasteiger partial charge < -0.3 is 5.32 Å². The van der Waals surface area contributed by atoms with Crippen molar-refractivity contribution < 1.29 is 17.6 Å². The highest BCUT2D eigenvalue weighted by Gasteiger charge is 2.37. The van der Waals surface area contributed by atoms with E-state index in [4.69, 9.17) is 11.6 Å². The fourth-order valence-electron chi connectivity index (χ4n) is 3.93. The van der Waals surface area contributed by atoms with Crippen molar-refractivity contribution in [3.8, 4) is 0 Å². The van der Waals surface area contributed by atoms with E-state index in [0.29, 0.717) is 18.1 Å². The van der Waals surface area contributed by atoms with Crippen LogP contribution in [0.3, 0.4) is 0 Å². The van der Waals surface area contributed by atoms with E-state index < -0.39 is 17.8 Å². The minimum atomic E-state index is -4.66. The van der Waals surface area contributed by atoms with Crippen LogP contribution in [-0.2, 0) is 6.18 Å². The first-order valence-corrected chi connectivity index (χ1v) is 9.72. The summed E-state index contributed by atoms with van der Waals surface area (Å²) < 4.78 is 54.0. The van der Waals surface area contributed by atoms with E-state index in [0.717, 1.165) is 23.0 Å². The van der Waals surface area contributed by atoms with Gasteiger partial charge in [0.25, 0.3) is 11.6 Å². The van der Waals surface area contributed by atoms with Crippen molar-refractivity contribution >= 4 is 23.2 Å². The van der Waals surface area contributed by atoms with Crippen LogP contribution in [0.25, 0.3) is 5.78 Å². The number of nitrogens with zero attached hydrogens (tertiary/aromatic N) is 5. The van der Waals surface area contributed by atoms with Crippen LogP contribution in [-0.4, -0.2) is 44.6 Å². The first kappa shape index (κ1) is 20.8. The topological polar surface area (TPSA) is 58.4 Å². The van der Waals surface area contributed by atoms with Gasteiger partial charge in [-0.1, -0.05) is 17.7 Å². The highest BCUT2D eigenvalue weighted by atomic mass is 35.5. The number of fused-ring (bicyclic) bond motifs is 1. The monoisotopic (exact) mass is 442 g/mol. The number of benzene rings is 1. The Hall–Kier alpha value is -2.46. The van der Waals surface area contributed by atoms with Crippen LogP contribution in [0.4, 0.5) is 23.4 Å². The van der Waals surface area contributed by atoms with Crippen LogP contribution < -0.4 is 5.32 Å². The van der Waals surface area contributed by atoms with Crippen molar-refractivity contribution in [1.29, 1.82) is 0 Å². The molecule has 0 saturated carbocycles. The van der Waals surface area contributed by atoms with E-state index in [2.05, 4.69) is 25.3 Å². The van der Waals surface area contributed by atoms with Gasteiger partial charge >= 0.3 is 6.18 Å². The van der Waals surface area contributed by atoms with Crippen molar-refractivity contribution in [3.63, 3.8) is 0 Å². The van der Waals surface area contributed by atoms with Gasteiger partial charge in [0.05, 0.1) is 5.02 Å². The van der Waals surface area contributed by atoms with Gasteiger partial charge in [-0.2, -0.15) is 22.7 Å². The number of likely N-dealkylation sites (tertiary alicyclic amines) is 1. The first-order chi connectivity index (χ1) is 14.1. The first-order valence-electron chi connectivity index (χ1n) is 9.34. The molecule has 3 heterocycles. The third-order valence-corrected chi connectivity index (χ3v) is 5.60. The highest BCUT2D eigenvalue weighted by Crippen LogP contribution is 2.37. The predicted octanol–water partition coefficient (Wildman–Crippen LogP) is 4.35. The predicted molar refractivity (Wildman–Crippen MR) is 104 cm³/mol. The van der Waals surface area contributed by atoms with Gasteiger partial charge in [-0.3, -0.25) is 4.90 Å². The van der Waals surface area contributed by atoms with Crippen molar-refractivity contribution in [2.75, 3.05) is 25.5 Å². The third-order valence-electron chi connectivity index (χ3n) is 5.30. The average Bonchev–Trinajstić information content (AvgIpc) is 3.25. The number of aryl methyl sites for hydroxylation is 1. The maximum Gasteiger partial charge on any atom is 0.453 e. The molecular weight excluding hydrogens is 424 g/mol.